The average Bonchev–Trinajstić information content (AvgIpc) is 3.43. The molecule has 0 saturated heterocycles. The number of benzene rings is 1. The number of ether oxygens (including phenoxy) is 1. The van der Waals surface area contributed by atoms with E-state index in [0.29, 0.717) is 23.9 Å². The predicted molar refractivity (Wildman–Crippen MR) is 106 cm³/mol. The standard InChI is InChI=1S/C19H18N6O4S/c1-12-17(22-24-5-6-29-19(12)24)11-25-18(26)16-4-3-14(7-13(16)8-21-25)30(27,28)15-9-20-23(2)10-15/h3-4,7-10H,5-6,11H2,1-2H3. The monoisotopic (exact) mass is 426 g/mol. The lowest BCUT2D eigenvalue weighted by Crippen LogP contribution is -2.24. The summed E-state index contributed by atoms with van der Waals surface area (Å²) in [5.74, 6) is 0.726. The third-order valence-electron chi connectivity index (χ3n) is 5.20. The zero-order chi connectivity index (χ0) is 21.0. The Morgan fingerprint density at radius 1 is 1.17 bits per heavy atom. The molecule has 0 N–H and O–H groups in total. The summed E-state index contributed by atoms with van der Waals surface area (Å²) in [4.78, 5) is 13.1. The van der Waals surface area contributed by atoms with E-state index >= 15 is 0 Å². The first-order chi connectivity index (χ1) is 14.3. The van der Waals surface area contributed by atoms with Gasteiger partial charge in [0, 0.05) is 24.2 Å². The van der Waals surface area contributed by atoms with Crippen molar-refractivity contribution in [2.45, 2.75) is 29.8 Å². The Kier molecular flexibility index (Phi) is 4.03. The zero-order valence-corrected chi connectivity index (χ0v) is 17.1. The van der Waals surface area contributed by atoms with Crippen LogP contribution in [0.25, 0.3) is 10.8 Å². The number of aromatic nitrogens is 6. The van der Waals surface area contributed by atoms with Crippen molar-refractivity contribution in [3.63, 3.8) is 0 Å². The molecule has 3 aromatic heterocycles. The van der Waals surface area contributed by atoms with E-state index < -0.39 is 9.84 Å². The number of aryl methyl sites for hydroxylation is 1. The minimum absolute atomic E-state index is 0.0838. The van der Waals surface area contributed by atoms with E-state index in [1.165, 1.54) is 46.2 Å². The number of hydrogen-bond donors (Lipinski definition) is 0. The van der Waals surface area contributed by atoms with Crippen LogP contribution in [-0.4, -0.2) is 44.4 Å². The van der Waals surface area contributed by atoms with Gasteiger partial charge in [-0.2, -0.15) is 15.3 Å². The highest BCUT2D eigenvalue weighted by Crippen LogP contribution is 2.26. The Hall–Kier alpha value is -3.47. The number of rotatable bonds is 4. The SMILES string of the molecule is Cc1c(Cn2ncc3cc(S(=O)(=O)c4cnn(C)c4)ccc3c2=O)nn2c1OCC2. The summed E-state index contributed by atoms with van der Waals surface area (Å²) >= 11 is 0. The highest BCUT2D eigenvalue weighted by molar-refractivity contribution is 7.91. The zero-order valence-electron chi connectivity index (χ0n) is 16.3. The van der Waals surface area contributed by atoms with Gasteiger partial charge < -0.3 is 4.74 Å². The number of nitrogens with zero attached hydrogens (tertiary/aromatic N) is 6. The molecule has 4 aromatic rings. The van der Waals surface area contributed by atoms with Crippen LogP contribution < -0.4 is 10.3 Å². The molecule has 4 heterocycles. The van der Waals surface area contributed by atoms with Gasteiger partial charge in [0.05, 0.1) is 41.5 Å². The molecule has 0 spiro atoms. The van der Waals surface area contributed by atoms with Crippen molar-refractivity contribution in [1.82, 2.24) is 29.3 Å². The summed E-state index contributed by atoms with van der Waals surface area (Å²) in [6, 6.07) is 4.41. The molecule has 10 nitrogen and oxygen atoms in total. The van der Waals surface area contributed by atoms with E-state index in [1.807, 2.05) is 6.92 Å². The van der Waals surface area contributed by atoms with Gasteiger partial charge in [-0.05, 0) is 25.1 Å². The summed E-state index contributed by atoms with van der Waals surface area (Å²) in [5, 5.41) is 13.5. The highest BCUT2D eigenvalue weighted by atomic mass is 32.2. The van der Waals surface area contributed by atoms with Crippen molar-refractivity contribution in [3.8, 4) is 5.88 Å². The maximum atomic E-state index is 12.9. The van der Waals surface area contributed by atoms with Crippen molar-refractivity contribution in [1.29, 1.82) is 0 Å². The van der Waals surface area contributed by atoms with Crippen LogP contribution in [-0.2, 0) is 30.0 Å². The normalized spacial score (nSPS) is 13.5. The molecule has 0 atom stereocenters. The first-order valence-electron chi connectivity index (χ1n) is 9.27. The summed E-state index contributed by atoms with van der Waals surface area (Å²) < 4.78 is 35.7. The molecule has 11 heteroatoms. The Balaban J connectivity index is 1.53. The van der Waals surface area contributed by atoms with Gasteiger partial charge in [-0.15, -0.1) is 0 Å². The number of sulfone groups is 1. The van der Waals surface area contributed by atoms with Gasteiger partial charge in [0.25, 0.3) is 5.56 Å². The van der Waals surface area contributed by atoms with Crippen LogP contribution in [0, 0.1) is 6.92 Å². The minimum atomic E-state index is -3.73. The number of fused-ring (bicyclic) bond motifs is 2. The van der Waals surface area contributed by atoms with Gasteiger partial charge in [-0.1, -0.05) is 0 Å². The Morgan fingerprint density at radius 2 is 2.00 bits per heavy atom. The van der Waals surface area contributed by atoms with Crippen LogP contribution in [0.2, 0.25) is 0 Å². The van der Waals surface area contributed by atoms with Gasteiger partial charge in [-0.3, -0.25) is 9.48 Å². The maximum Gasteiger partial charge on any atom is 0.274 e. The molecular formula is C19H18N6O4S. The molecule has 0 saturated carbocycles. The fourth-order valence-electron chi connectivity index (χ4n) is 3.56. The lowest BCUT2D eigenvalue weighted by molar-refractivity contribution is 0.354. The molecule has 0 bridgehead atoms. The van der Waals surface area contributed by atoms with Gasteiger partial charge >= 0.3 is 0 Å². The first-order valence-corrected chi connectivity index (χ1v) is 10.8. The van der Waals surface area contributed by atoms with E-state index in [2.05, 4.69) is 15.3 Å². The fraction of sp³-hybridized carbons (Fsp3) is 0.263. The molecule has 5 rings (SSSR count). The van der Waals surface area contributed by atoms with E-state index in [-0.39, 0.29) is 21.9 Å². The van der Waals surface area contributed by atoms with Crippen LogP contribution in [0.1, 0.15) is 11.3 Å². The van der Waals surface area contributed by atoms with Gasteiger partial charge in [0.1, 0.15) is 11.5 Å². The maximum absolute atomic E-state index is 12.9. The molecule has 0 amide bonds. The van der Waals surface area contributed by atoms with Crippen molar-refractivity contribution >= 4 is 20.6 Å². The van der Waals surface area contributed by atoms with Crippen LogP contribution in [0.4, 0.5) is 0 Å². The average molecular weight is 426 g/mol. The number of hydrogen-bond acceptors (Lipinski definition) is 7. The third-order valence-corrected chi connectivity index (χ3v) is 6.90. The van der Waals surface area contributed by atoms with Gasteiger partial charge in [-0.25, -0.2) is 17.8 Å². The van der Waals surface area contributed by atoms with Crippen molar-refractivity contribution in [2.75, 3.05) is 6.61 Å². The molecule has 1 aliphatic heterocycles. The molecule has 0 aliphatic carbocycles. The second kappa shape index (κ2) is 6.52. The lowest BCUT2D eigenvalue weighted by Gasteiger charge is -2.07. The van der Waals surface area contributed by atoms with Crippen LogP contribution in [0.5, 0.6) is 5.88 Å². The molecule has 1 aliphatic rings. The summed E-state index contributed by atoms with van der Waals surface area (Å²) in [7, 11) is -2.08. The molecule has 30 heavy (non-hydrogen) atoms. The highest BCUT2D eigenvalue weighted by Gasteiger charge is 2.22. The third kappa shape index (κ3) is 2.81. The Labute approximate surface area is 171 Å². The predicted octanol–water partition coefficient (Wildman–Crippen LogP) is 0.908. The van der Waals surface area contributed by atoms with Crippen LogP contribution >= 0.6 is 0 Å². The molecule has 0 unspecified atom stereocenters. The second-order valence-corrected chi connectivity index (χ2v) is 9.11. The molecule has 0 radical (unpaired) electrons. The van der Waals surface area contributed by atoms with E-state index in [0.717, 1.165) is 17.1 Å². The van der Waals surface area contributed by atoms with Crippen molar-refractivity contribution < 1.29 is 13.2 Å². The largest absolute Gasteiger partial charge is 0.476 e. The van der Waals surface area contributed by atoms with Gasteiger partial charge in [0.2, 0.25) is 15.7 Å². The Morgan fingerprint density at radius 3 is 2.73 bits per heavy atom. The molecule has 1 aromatic carbocycles. The summed E-state index contributed by atoms with van der Waals surface area (Å²) in [6.07, 6.45) is 4.22. The topological polar surface area (TPSA) is 114 Å². The molecular weight excluding hydrogens is 408 g/mol. The van der Waals surface area contributed by atoms with E-state index in [1.54, 1.807) is 11.7 Å². The summed E-state index contributed by atoms with van der Waals surface area (Å²) in [6.45, 7) is 3.40. The van der Waals surface area contributed by atoms with E-state index in [4.69, 9.17) is 4.74 Å². The minimum Gasteiger partial charge on any atom is -0.476 e. The fourth-order valence-corrected chi connectivity index (χ4v) is 4.84. The summed E-state index contributed by atoms with van der Waals surface area (Å²) in [5.41, 5.74) is 1.29. The Bertz CT molecular complexity index is 1460. The molecule has 0 fully saturated rings. The lowest BCUT2D eigenvalue weighted by atomic mass is 10.2. The first kappa shape index (κ1) is 18.6. The van der Waals surface area contributed by atoms with Crippen molar-refractivity contribution in [2.24, 2.45) is 7.05 Å². The molecule has 154 valence electrons. The quantitative estimate of drug-likeness (QED) is 0.476. The van der Waals surface area contributed by atoms with Crippen LogP contribution in [0.15, 0.2) is 51.4 Å². The smallest absolute Gasteiger partial charge is 0.274 e. The second-order valence-electron chi connectivity index (χ2n) is 7.16. The van der Waals surface area contributed by atoms with Gasteiger partial charge in [0.15, 0.2) is 0 Å². The van der Waals surface area contributed by atoms with E-state index in [9.17, 15) is 13.2 Å². The van der Waals surface area contributed by atoms with Crippen molar-refractivity contribution in [3.05, 3.63) is 58.4 Å². The van der Waals surface area contributed by atoms with Crippen LogP contribution in [0.3, 0.4) is 0 Å².